The Bertz CT molecular complexity index is 895. The topological polar surface area (TPSA) is 66.5 Å². The highest BCUT2D eigenvalue weighted by Gasteiger charge is 2.27. The van der Waals surface area contributed by atoms with Crippen molar-refractivity contribution in [1.29, 1.82) is 0 Å². The first kappa shape index (κ1) is 17.8. The maximum Gasteiger partial charge on any atom is 0.255 e. The van der Waals surface area contributed by atoms with Crippen LogP contribution in [0.5, 0.6) is 0 Å². The molecular weight excluding hydrogens is 360 g/mol. The van der Waals surface area contributed by atoms with Gasteiger partial charge in [-0.1, -0.05) is 11.6 Å². The summed E-state index contributed by atoms with van der Waals surface area (Å²) in [4.78, 5) is 12.4. The third-order valence-electron chi connectivity index (χ3n) is 4.18. The number of hydrogen-bond donors (Lipinski definition) is 1. The van der Waals surface area contributed by atoms with E-state index >= 15 is 0 Å². The minimum absolute atomic E-state index is 0.172. The molecule has 1 heterocycles. The van der Waals surface area contributed by atoms with E-state index in [9.17, 15) is 13.2 Å². The van der Waals surface area contributed by atoms with Gasteiger partial charge in [0.25, 0.3) is 5.91 Å². The van der Waals surface area contributed by atoms with Gasteiger partial charge in [-0.25, -0.2) is 8.42 Å². The average Bonchev–Trinajstić information content (AvgIpc) is 2.57. The van der Waals surface area contributed by atoms with Gasteiger partial charge in [0.05, 0.1) is 11.4 Å². The minimum atomic E-state index is -3.26. The summed E-state index contributed by atoms with van der Waals surface area (Å²) in [5, 5.41) is 3.40. The van der Waals surface area contributed by atoms with Crippen LogP contribution in [0, 0.1) is 6.92 Å². The molecule has 2 aromatic rings. The molecule has 7 heteroatoms. The molecule has 1 saturated heterocycles. The minimum Gasteiger partial charge on any atom is -0.322 e. The lowest BCUT2D eigenvalue weighted by molar-refractivity contribution is 0.102. The molecule has 1 fully saturated rings. The smallest absolute Gasteiger partial charge is 0.255 e. The zero-order valence-corrected chi connectivity index (χ0v) is 15.4. The van der Waals surface area contributed by atoms with Gasteiger partial charge < -0.3 is 5.32 Å². The molecule has 0 radical (unpaired) electrons. The Morgan fingerprint density at radius 1 is 1.12 bits per heavy atom. The van der Waals surface area contributed by atoms with Crippen LogP contribution in [-0.2, 0) is 10.0 Å². The van der Waals surface area contributed by atoms with Crippen LogP contribution in [-0.4, -0.2) is 26.6 Å². The highest BCUT2D eigenvalue weighted by atomic mass is 35.5. The molecule has 0 aromatic heterocycles. The fraction of sp³-hybridized carbons (Fsp3) is 0.278. The molecule has 1 aliphatic heterocycles. The van der Waals surface area contributed by atoms with Crippen molar-refractivity contribution in [2.24, 2.45) is 0 Å². The molecule has 5 nitrogen and oxygen atoms in total. The SMILES string of the molecule is Cc1cc(C(=O)Nc2ccc(Cl)cc2)ccc1N1CCCCS1(=O)=O. The van der Waals surface area contributed by atoms with Crippen LogP contribution in [0.15, 0.2) is 42.5 Å². The van der Waals surface area contributed by atoms with Crippen LogP contribution in [0.3, 0.4) is 0 Å². The molecule has 0 bridgehead atoms. The zero-order chi connectivity index (χ0) is 18.0. The van der Waals surface area contributed by atoms with E-state index in [1.54, 1.807) is 42.5 Å². The number of nitrogens with zero attached hydrogens (tertiary/aromatic N) is 1. The second kappa shape index (κ2) is 7.06. The summed E-state index contributed by atoms with van der Waals surface area (Å²) in [6, 6.07) is 11.9. The first-order chi connectivity index (χ1) is 11.9. The third-order valence-corrected chi connectivity index (χ3v) is 6.29. The largest absolute Gasteiger partial charge is 0.322 e. The van der Waals surface area contributed by atoms with Gasteiger partial charge >= 0.3 is 0 Å². The monoisotopic (exact) mass is 378 g/mol. The van der Waals surface area contributed by atoms with Crippen molar-refractivity contribution in [3.8, 4) is 0 Å². The van der Waals surface area contributed by atoms with Crippen molar-refractivity contribution < 1.29 is 13.2 Å². The predicted molar refractivity (Wildman–Crippen MR) is 101 cm³/mol. The number of sulfonamides is 1. The Morgan fingerprint density at radius 3 is 2.48 bits per heavy atom. The first-order valence-corrected chi connectivity index (χ1v) is 10.0. The summed E-state index contributed by atoms with van der Waals surface area (Å²) in [5.74, 6) is -0.0795. The fourth-order valence-electron chi connectivity index (χ4n) is 2.87. The van der Waals surface area contributed by atoms with Gasteiger partial charge in [0, 0.05) is 22.8 Å². The first-order valence-electron chi connectivity index (χ1n) is 8.05. The van der Waals surface area contributed by atoms with E-state index in [0.29, 0.717) is 34.9 Å². The number of nitrogens with one attached hydrogen (secondary N) is 1. The van der Waals surface area contributed by atoms with Crippen molar-refractivity contribution in [1.82, 2.24) is 0 Å². The molecule has 0 unspecified atom stereocenters. The number of hydrogen-bond acceptors (Lipinski definition) is 3. The zero-order valence-electron chi connectivity index (χ0n) is 13.8. The van der Waals surface area contributed by atoms with Crippen molar-refractivity contribution >= 4 is 38.9 Å². The standard InChI is InChI=1S/C18H19ClN2O3S/c1-13-12-14(18(22)20-16-7-5-15(19)6-8-16)4-9-17(13)21-10-2-3-11-25(21,23)24/h4-9,12H,2-3,10-11H2,1H3,(H,20,22). The quantitative estimate of drug-likeness (QED) is 0.882. The Balaban J connectivity index is 1.81. The van der Waals surface area contributed by atoms with E-state index in [1.807, 2.05) is 6.92 Å². The van der Waals surface area contributed by atoms with E-state index < -0.39 is 10.0 Å². The lowest BCUT2D eigenvalue weighted by Crippen LogP contribution is -2.38. The summed E-state index contributed by atoms with van der Waals surface area (Å²) < 4.78 is 26.0. The van der Waals surface area contributed by atoms with Gasteiger partial charge in [0.15, 0.2) is 0 Å². The summed E-state index contributed by atoms with van der Waals surface area (Å²) >= 11 is 5.83. The van der Waals surface area contributed by atoms with Crippen LogP contribution in [0.4, 0.5) is 11.4 Å². The molecule has 0 aliphatic carbocycles. The second-order valence-electron chi connectivity index (χ2n) is 6.06. The highest BCUT2D eigenvalue weighted by Crippen LogP contribution is 2.28. The summed E-state index contributed by atoms with van der Waals surface area (Å²) in [5.41, 5.74) is 2.53. The number of rotatable bonds is 3. The molecule has 1 N–H and O–H groups in total. The van der Waals surface area contributed by atoms with E-state index in [1.165, 1.54) is 4.31 Å². The fourth-order valence-corrected chi connectivity index (χ4v) is 4.70. The molecule has 0 saturated carbocycles. The van der Waals surface area contributed by atoms with E-state index in [2.05, 4.69) is 5.32 Å². The number of benzene rings is 2. The van der Waals surface area contributed by atoms with Crippen LogP contribution in [0.1, 0.15) is 28.8 Å². The molecule has 25 heavy (non-hydrogen) atoms. The highest BCUT2D eigenvalue weighted by molar-refractivity contribution is 7.92. The number of anilines is 2. The van der Waals surface area contributed by atoms with Gasteiger partial charge in [-0.2, -0.15) is 0 Å². The molecule has 0 spiro atoms. The van der Waals surface area contributed by atoms with E-state index in [0.717, 1.165) is 12.0 Å². The number of amides is 1. The Morgan fingerprint density at radius 2 is 1.84 bits per heavy atom. The molecule has 132 valence electrons. The van der Waals surface area contributed by atoms with Gasteiger partial charge in [-0.15, -0.1) is 0 Å². The van der Waals surface area contributed by atoms with Gasteiger partial charge in [0.1, 0.15) is 0 Å². The number of halogens is 1. The third kappa shape index (κ3) is 3.96. The second-order valence-corrected chi connectivity index (χ2v) is 8.51. The van der Waals surface area contributed by atoms with Crippen LogP contribution >= 0.6 is 11.6 Å². The summed E-state index contributed by atoms with van der Waals surface area (Å²) in [7, 11) is -3.26. The van der Waals surface area contributed by atoms with Crippen LogP contribution < -0.4 is 9.62 Å². The van der Waals surface area contributed by atoms with Crippen molar-refractivity contribution in [3.63, 3.8) is 0 Å². The molecule has 2 aromatic carbocycles. The predicted octanol–water partition coefficient (Wildman–Crippen LogP) is 3.83. The summed E-state index contributed by atoms with van der Waals surface area (Å²) in [6.45, 7) is 2.30. The maximum absolute atomic E-state index is 12.4. The maximum atomic E-state index is 12.4. The molecule has 1 amide bonds. The van der Waals surface area contributed by atoms with E-state index in [-0.39, 0.29) is 11.7 Å². The van der Waals surface area contributed by atoms with Crippen molar-refractivity contribution in [2.75, 3.05) is 21.9 Å². The normalized spacial score (nSPS) is 16.5. The van der Waals surface area contributed by atoms with Crippen molar-refractivity contribution in [3.05, 3.63) is 58.6 Å². The van der Waals surface area contributed by atoms with Crippen LogP contribution in [0.25, 0.3) is 0 Å². The lowest BCUT2D eigenvalue weighted by atomic mass is 10.1. The Labute approximate surface area is 152 Å². The number of carbonyl (C=O) groups excluding carboxylic acids is 1. The van der Waals surface area contributed by atoms with Crippen molar-refractivity contribution in [2.45, 2.75) is 19.8 Å². The molecule has 1 aliphatic rings. The van der Waals surface area contributed by atoms with Gasteiger partial charge in [0.2, 0.25) is 10.0 Å². The van der Waals surface area contributed by atoms with Crippen LogP contribution in [0.2, 0.25) is 5.02 Å². The number of aryl methyl sites for hydroxylation is 1. The number of carbonyl (C=O) groups is 1. The molecular formula is C18H19ClN2O3S. The summed E-state index contributed by atoms with van der Waals surface area (Å²) in [6.07, 6.45) is 1.54. The van der Waals surface area contributed by atoms with Gasteiger partial charge in [-0.05, 0) is 67.8 Å². The van der Waals surface area contributed by atoms with Gasteiger partial charge in [-0.3, -0.25) is 9.10 Å². The lowest BCUT2D eigenvalue weighted by Gasteiger charge is -2.29. The Kier molecular flexibility index (Phi) is 5.01. The van der Waals surface area contributed by atoms with E-state index in [4.69, 9.17) is 11.6 Å². The average molecular weight is 379 g/mol. The Hall–Kier alpha value is -2.05. The molecule has 3 rings (SSSR count). The molecule has 0 atom stereocenters.